The molecule has 0 aromatic heterocycles. The zero-order valence-electron chi connectivity index (χ0n) is 20.9. The van der Waals surface area contributed by atoms with Crippen LogP contribution in [0.1, 0.15) is 12.5 Å². The van der Waals surface area contributed by atoms with E-state index in [4.69, 9.17) is 14.2 Å². The van der Waals surface area contributed by atoms with Gasteiger partial charge in [0.2, 0.25) is 0 Å². The maximum Gasteiger partial charge on any atom is 0.356 e. The lowest BCUT2D eigenvalue weighted by Gasteiger charge is -2.27. The van der Waals surface area contributed by atoms with Gasteiger partial charge in [-0.05, 0) is 19.1 Å². The SMILES string of the molecule is C=CCOc1ccccc1/C=C(\N=P(c1ccccc1)(c1ccccc1)c1ccccc1)C(=O)OCC. The Bertz CT molecular complexity index is 1310. The second-order valence-electron chi connectivity index (χ2n) is 8.13. The van der Waals surface area contributed by atoms with Gasteiger partial charge in [-0.1, -0.05) is 122 Å². The van der Waals surface area contributed by atoms with Crippen molar-refractivity contribution in [3.05, 3.63) is 139 Å². The number of rotatable bonds is 10. The van der Waals surface area contributed by atoms with Gasteiger partial charge in [0, 0.05) is 21.5 Å². The number of ether oxygens (including phenoxy) is 2. The van der Waals surface area contributed by atoms with Crippen LogP contribution in [0.25, 0.3) is 6.08 Å². The molecule has 0 amide bonds. The zero-order valence-corrected chi connectivity index (χ0v) is 21.8. The van der Waals surface area contributed by atoms with Crippen LogP contribution in [0.4, 0.5) is 0 Å². The van der Waals surface area contributed by atoms with Crippen molar-refractivity contribution in [3.8, 4) is 5.75 Å². The van der Waals surface area contributed by atoms with Crippen molar-refractivity contribution in [1.29, 1.82) is 0 Å². The van der Waals surface area contributed by atoms with Crippen LogP contribution < -0.4 is 20.7 Å². The first-order valence-corrected chi connectivity index (χ1v) is 13.9. The molecule has 0 aliphatic heterocycles. The minimum Gasteiger partial charge on any atom is -0.489 e. The number of para-hydroxylation sites is 1. The molecule has 0 saturated heterocycles. The summed E-state index contributed by atoms with van der Waals surface area (Å²) >= 11 is 0. The number of hydrogen-bond donors (Lipinski definition) is 0. The number of carbonyl (C=O) groups excluding carboxylic acids is 1. The van der Waals surface area contributed by atoms with Crippen LogP contribution in [0.2, 0.25) is 0 Å². The van der Waals surface area contributed by atoms with Crippen molar-refractivity contribution in [2.24, 2.45) is 4.74 Å². The van der Waals surface area contributed by atoms with Crippen LogP contribution in [-0.4, -0.2) is 19.2 Å². The lowest BCUT2D eigenvalue weighted by Crippen LogP contribution is -2.26. The van der Waals surface area contributed by atoms with Crippen molar-refractivity contribution in [2.45, 2.75) is 6.92 Å². The van der Waals surface area contributed by atoms with Crippen LogP contribution in [0.5, 0.6) is 5.75 Å². The molecule has 4 rings (SSSR count). The Balaban J connectivity index is 2.08. The van der Waals surface area contributed by atoms with E-state index in [1.54, 1.807) is 19.1 Å². The highest BCUT2D eigenvalue weighted by atomic mass is 31.2. The largest absolute Gasteiger partial charge is 0.489 e. The molecule has 0 atom stereocenters. The standard InChI is InChI=1S/C32H30NO3P/c1-3-24-36-31-23-15-14-16-26(31)25-30(32(34)35-4-2)33-37(27-17-8-5-9-18-27,28-19-10-6-11-20-28)29-21-12-7-13-22-29/h3,5-23,25H,1,4,24H2,2H3/b30-25-. The number of benzene rings is 4. The zero-order chi connectivity index (χ0) is 25.9. The number of nitrogens with zero attached hydrogens (tertiary/aromatic N) is 1. The predicted molar refractivity (Wildman–Crippen MR) is 154 cm³/mol. The fraction of sp³-hybridized carbons (Fsp3) is 0.0938. The van der Waals surface area contributed by atoms with Gasteiger partial charge in [0.25, 0.3) is 0 Å². The molecule has 4 aromatic rings. The maximum atomic E-state index is 13.4. The van der Waals surface area contributed by atoms with Crippen LogP contribution in [-0.2, 0) is 9.53 Å². The molecule has 5 heteroatoms. The molecule has 0 heterocycles. The molecular weight excluding hydrogens is 477 g/mol. The lowest BCUT2D eigenvalue weighted by atomic mass is 10.1. The molecule has 4 aromatic carbocycles. The normalized spacial score (nSPS) is 11.4. The summed E-state index contributed by atoms with van der Waals surface area (Å²) in [6, 6.07) is 38.1. The summed E-state index contributed by atoms with van der Waals surface area (Å²) in [7, 11) is -2.66. The first kappa shape index (κ1) is 25.9. The fourth-order valence-corrected chi connectivity index (χ4v) is 7.59. The Morgan fingerprint density at radius 3 is 1.76 bits per heavy atom. The Morgan fingerprint density at radius 1 is 0.784 bits per heavy atom. The molecule has 186 valence electrons. The molecule has 0 bridgehead atoms. The van der Waals surface area contributed by atoms with Crippen LogP contribution >= 0.6 is 7.05 Å². The third-order valence-electron chi connectivity index (χ3n) is 5.70. The molecule has 0 unspecified atom stereocenters. The van der Waals surface area contributed by atoms with Crippen LogP contribution in [0.15, 0.2) is 138 Å². The third kappa shape index (κ3) is 5.99. The molecule has 0 spiro atoms. The number of hydrogen-bond acceptors (Lipinski definition) is 4. The van der Waals surface area contributed by atoms with E-state index in [-0.39, 0.29) is 12.3 Å². The Hall–Kier alpha value is -4.14. The van der Waals surface area contributed by atoms with Gasteiger partial charge < -0.3 is 9.47 Å². The average Bonchev–Trinajstić information content (AvgIpc) is 2.96. The van der Waals surface area contributed by atoms with Crippen molar-refractivity contribution < 1.29 is 14.3 Å². The molecule has 4 nitrogen and oxygen atoms in total. The van der Waals surface area contributed by atoms with Crippen molar-refractivity contribution in [2.75, 3.05) is 13.2 Å². The smallest absolute Gasteiger partial charge is 0.356 e. The number of carbonyl (C=O) groups is 1. The van der Waals surface area contributed by atoms with E-state index in [0.29, 0.717) is 12.4 Å². The molecular formula is C32H30NO3P. The van der Waals surface area contributed by atoms with Crippen molar-refractivity contribution in [1.82, 2.24) is 0 Å². The highest BCUT2D eigenvalue weighted by Gasteiger charge is 2.29. The van der Waals surface area contributed by atoms with Gasteiger partial charge in [0.1, 0.15) is 18.1 Å². The lowest BCUT2D eigenvalue weighted by molar-refractivity contribution is -0.138. The van der Waals surface area contributed by atoms with E-state index >= 15 is 0 Å². The van der Waals surface area contributed by atoms with Crippen LogP contribution in [0, 0.1) is 0 Å². The van der Waals surface area contributed by atoms with Gasteiger partial charge >= 0.3 is 5.97 Å². The molecule has 0 N–H and O–H groups in total. The highest BCUT2D eigenvalue weighted by molar-refractivity contribution is 7.87. The molecule has 0 aliphatic carbocycles. The predicted octanol–water partition coefficient (Wildman–Crippen LogP) is 6.33. The van der Waals surface area contributed by atoms with Gasteiger partial charge in [-0.2, -0.15) is 0 Å². The van der Waals surface area contributed by atoms with Gasteiger partial charge in [0.05, 0.1) is 13.7 Å². The third-order valence-corrected chi connectivity index (χ3v) is 9.35. The van der Waals surface area contributed by atoms with Crippen LogP contribution in [0.3, 0.4) is 0 Å². The maximum absolute atomic E-state index is 13.4. The second kappa shape index (κ2) is 12.7. The Kier molecular flexibility index (Phi) is 8.91. The number of esters is 1. The Morgan fingerprint density at radius 2 is 1.27 bits per heavy atom. The summed E-state index contributed by atoms with van der Waals surface area (Å²) in [5, 5.41) is 3.12. The Labute approximate surface area is 219 Å². The molecule has 0 radical (unpaired) electrons. The van der Waals surface area contributed by atoms with Crippen molar-refractivity contribution in [3.63, 3.8) is 0 Å². The quantitative estimate of drug-likeness (QED) is 0.109. The molecule has 37 heavy (non-hydrogen) atoms. The van der Waals surface area contributed by atoms with E-state index in [2.05, 4.69) is 43.0 Å². The summed E-state index contributed by atoms with van der Waals surface area (Å²) in [6.45, 7) is 6.13. The van der Waals surface area contributed by atoms with Gasteiger partial charge in [-0.3, -0.25) is 0 Å². The van der Waals surface area contributed by atoms with Gasteiger partial charge in [-0.25, -0.2) is 9.54 Å². The highest BCUT2D eigenvalue weighted by Crippen LogP contribution is 2.48. The first-order chi connectivity index (χ1) is 18.2. The summed E-state index contributed by atoms with van der Waals surface area (Å²) in [4.78, 5) is 13.4. The monoisotopic (exact) mass is 507 g/mol. The van der Waals surface area contributed by atoms with Gasteiger partial charge in [-0.15, -0.1) is 0 Å². The van der Waals surface area contributed by atoms with E-state index < -0.39 is 13.0 Å². The van der Waals surface area contributed by atoms with E-state index in [9.17, 15) is 4.79 Å². The summed E-state index contributed by atoms with van der Waals surface area (Å²) in [6.07, 6.45) is 3.45. The molecule has 0 fully saturated rings. The van der Waals surface area contributed by atoms with Crippen molar-refractivity contribution >= 4 is 35.0 Å². The summed E-state index contributed by atoms with van der Waals surface area (Å²) in [5.41, 5.74) is 0.977. The first-order valence-electron chi connectivity index (χ1n) is 12.2. The summed E-state index contributed by atoms with van der Waals surface area (Å²) < 4.78 is 16.7. The molecule has 0 aliphatic rings. The topological polar surface area (TPSA) is 47.9 Å². The van der Waals surface area contributed by atoms with E-state index in [0.717, 1.165) is 21.5 Å². The average molecular weight is 508 g/mol. The minimum absolute atomic E-state index is 0.237. The second-order valence-corrected chi connectivity index (χ2v) is 11.1. The summed E-state index contributed by atoms with van der Waals surface area (Å²) in [5.74, 6) is 0.163. The fourth-order valence-electron chi connectivity index (χ4n) is 4.07. The van der Waals surface area contributed by atoms with E-state index in [1.165, 1.54) is 0 Å². The minimum atomic E-state index is -2.66. The van der Waals surface area contributed by atoms with E-state index in [1.807, 2.05) is 78.9 Å². The van der Waals surface area contributed by atoms with Gasteiger partial charge in [0.15, 0.2) is 0 Å². The molecule has 0 saturated carbocycles.